The first-order valence-electron chi connectivity index (χ1n) is 20.9. The van der Waals surface area contributed by atoms with Crippen LogP contribution in [0.1, 0.15) is 23.5 Å². The summed E-state index contributed by atoms with van der Waals surface area (Å²) in [7, 11) is 0. The molecule has 10 aromatic rings. The van der Waals surface area contributed by atoms with Crippen LogP contribution in [0.5, 0.6) is 0 Å². The van der Waals surface area contributed by atoms with E-state index in [-0.39, 0.29) is 0 Å². The Labute approximate surface area is 351 Å². The van der Waals surface area contributed by atoms with E-state index in [2.05, 4.69) is 246 Å². The maximum Gasteiger partial charge on any atom is 0.0547 e. The van der Waals surface area contributed by atoms with Crippen LogP contribution in [-0.4, -0.2) is 4.57 Å². The number of benzene rings is 9. The van der Waals surface area contributed by atoms with Gasteiger partial charge in [-0.2, -0.15) is 0 Å². The second-order valence-corrected chi connectivity index (χ2v) is 15.7. The van der Waals surface area contributed by atoms with Crippen molar-refractivity contribution < 1.29 is 0 Å². The highest BCUT2D eigenvalue weighted by molar-refractivity contribution is 6.21. The van der Waals surface area contributed by atoms with Crippen molar-refractivity contribution in [3.05, 3.63) is 248 Å². The number of aromatic nitrogens is 1. The molecule has 1 atom stereocenters. The largest absolute Gasteiger partial charge is 0.310 e. The van der Waals surface area contributed by atoms with Crippen molar-refractivity contribution in [2.75, 3.05) is 4.90 Å². The normalized spacial score (nSPS) is 13.8. The topological polar surface area (TPSA) is 8.17 Å². The van der Waals surface area contributed by atoms with Crippen molar-refractivity contribution in [2.45, 2.75) is 12.3 Å². The summed E-state index contributed by atoms with van der Waals surface area (Å²) in [4.78, 5) is 2.39. The monoisotopic (exact) mass is 766 g/mol. The summed E-state index contributed by atoms with van der Waals surface area (Å²) in [5, 5.41) is 5.10. The Morgan fingerprint density at radius 1 is 0.417 bits per heavy atom. The van der Waals surface area contributed by atoms with Gasteiger partial charge in [0.15, 0.2) is 0 Å². The van der Waals surface area contributed by atoms with Crippen molar-refractivity contribution in [3.63, 3.8) is 0 Å². The molecular weight excluding hydrogens is 725 g/mol. The molecular formula is C58H42N2. The fourth-order valence-corrected chi connectivity index (χ4v) is 9.11. The first kappa shape index (κ1) is 35.5. The summed E-state index contributed by atoms with van der Waals surface area (Å²) in [5.41, 5.74) is 15.6. The molecule has 0 amide bonds. The minimum Gasteiger partial charge on any atom is -0.310 e. The van der Waals surface area contributed by atoms with Gasteiger partial charge in [-0.3, -0.25) is 0 Å². The van der Waals surface area contributed by atoms with Crippen LogP contribution in [0.25, 0.3) is 66.1 Å². The Morgan fingerprint density at radius 3 is 1.73 bits per heavy atom. The maximum atomic E-state index is 2.41. The van der Waals surface area contributed by atoms with Crippen molar-refractivity contribution in [2.24, 2.45) is 0 Å². The van der Waals surface area contributed by atoms with Gasteiger partial charge in [-0.15, -0.1) is 0 Å². The molecule has 0 fully saturated rings. The summed E-state index contributed by atoms with van der Waals surface area (Å²) in [6, 6.07) is 79.4. The zero-order valence-corrected chi connectivity index (χ0v) is 33.2. The van der Waals surface area contributed by atoms with E-state index < -0.39 is 0 Å². The Hall–Kier alpha value is -7.68. The molecule has 284 valence electrons. The zero-order chi connectivity index (χ0) is 39.8. The average Bonchev–Trinajstić information content (AvgIpc) is 3.68. The SMILES string of the molecule is C1=CC(c2ccc(N(c3ccc(-n4c5ccccc5c5c6ccccc6ccc54)cc3)c3cccc(-c4ccc(-c5ccccc5)cc4)c3)cc2)CC=C1c1ccccc1. The molecule has 1 heterocycles. The standard InChI is InChI=1S/C58H42N2/c1-3-12-41(13-4-1)43-22-24-45(25-23-43)46-30-33-50(34-31-46)59(53-18-11-17-49(40-53)47-28-26-44(27-29-47)42-14-5-2-6-15-42)51-35-37-52(38-36-51)60-56-21-10-9-20-55(56)58-54-19-8-7-16-48(54)32-39-57(58)60/h1-24,26-40,45H,25H2. The Bertz CT molecular complexity index is 3190. The quantitative estimate of drug-likeness (QED) is 0.150. The molecule has 0 radical (unpaired) electrons. The summed E-state index contributed by atoms with van der Waals surface area (Å²) < 4.78 is 2.41. The van der Waals surface area contributed by atoms with Gasteiger partial charge in [-0.25, -0.2) is 0 Å². The first-order valence-corrected chi connectivity index (χ1v) is 20.9. The molecule has 9 aromatic carbocycles. The van der Waals surface area contributed by atoms with E-state index in [1.165, 1.54) is 71.5 Å². The number of anilines is 3. The summed E-state index contributed by atoms with van der Waals surface area (Å²) in [6.45, 7) is 0. The number of hydrogen-bond acceptors (Lipinski definition) is 1. The summed E-state index contributed by atoms with van der Waals surface area (Å²) in [5.74, 6) is 0.338. The molecule has 1 aliphatic carbocycles. The third-order valence-electron chi connectivity index (χ3n) is 12.1. The van der Waals surface area contributed by atoms with Gasteiger partial charge in [0.25, 0.3) is 0 Å². The predicted octanol–water partition coefficient (Wildman–Crippen LogP) is 15.9. The number of para-hydroxylation sites is 1. The molecule has 0 N–H and O–H groups in total. The Kier molecular flexibility index (Phi) is 9.02. The van der Waals surface area contributed by atoms with E-state index in [0.29, 0.717) is 5.92 Å². The van der Waals surface area contributed by atoms with Crippen LogP contribution in [-0.2, 0) is 0 Å². The summed E-state index contributed by atoms with van der Waals surface area (Å²) >= 11 is 0. The maximum absolute atomic E-state index is 2.41. The fraction of sp³-hybridized carbons (Fsp3) is 0.0345. The predicted molar refractivity (Wildman–Crippen MR) is 255 cm³/mol. The molecule has 0 saturated heterocycles. The van der Waals surface area contributed by atoms with E-state index in [0.717, 1.165) is 29.2 Å². The van der Waals surface area contributed by atoms with Crippen molar-refractivity contribution in [1.29, 1.82) is 0 Å². The lowest BCUT2D eigenvalue weighted by Crippen LogP contribution is -2.10. The molecule has 0 aliphatic heterocycles. The number of nitrogens with zero attached hydrogens (tertiary/aromatic N) is 2. The van der Waals surface area contributed by atoms with E-state index >= 15 is 0 Å². The molecule has 0 bridgehead atoms. The van der Waals surface area contributed by atoms with Crippen LogP contribution < -0.4 is 4.90 Å². The van der Waals surface area contributed by atoms with Crippen molar-refractivity contribution in [3.8, 4) is 27.9 Å². The van der Waals surface area contributed by atoms with Crippen molar-refractivity contribution in [1.82, 2.24) is 4.57 Å². The van der Waals surface area contributed by atoms with Gasteiger partial charge < -0.3 is 9.47 Å². The van der Waals surface area contributed by atoms with E-state index in [1.54, 1.807) is 0 Å². The lowest BCUT2D eigenvalue weighted by atomic mass is 9.88. The molecule has 1 unspecified atom stereocenters. The van der Waals surface area contributed by atoms with Gasteiger partial charge in [-0.1, -0.05) is 176 Å². The van der Waals surface area contributed by atoms with Gasteiger partial charge >= 0.3 is 0 Å². The molecule has 60 heavy (non-hydrogen) atoms. The average molecular weight is 767 g/mol. The van der Waals surface area contributed by atoms with E-state index in [1.807, 2.05) is 0 Å². The molecule has 11 rings (SSSR count). The van der Waals surface area contributed by atoms with Crippen LogP contribution in [0.2, 0.25) is 0 Å². The van der Waals surface area contributed by atoms with Gasteiger partial charge in [0, 0.05) is 39.4 Å². The molecule has 2 nitrogen and oxygen atoms in total. The molecule has 0 spiro atoms. The Balaban J connectivity index is 0.972. The second-order valence-electron chi connectivity index (χ2n) is 15.7. The molecule has 0 saturated carbocycles. The lowest BCUT2D eigenvalue weighted by molar-refractivity contribution is 0.856. The third-order valence-corrected chi connectivity index (χ3v) is 12.1. The number of allylic oxidation sites excluding steroid dienone is 4. The van der Waals surface area contributed by atoms with Gasteiger partial charge in [0.05, 0.1) is 11.0 Å². The van der Waals surface area contributed by atoms with Gasteiger partial charge in [-0.05, 0) is 117 Å². The lowest BCUT2D eigenvalue weighted by Gasteiger charge is -2.27. The second kappa shape index (κ2) is 15.2. The fourth-order valence-electron chi connectivity index (χ4n) is 9.11. The number of fused-ring (bicyclic) bond motifs is 5. The van der Waals surface area contributed by atoms with Crippen LogP contribution in [0.3, 0.4) is 0 Å². The number of hydrogen-bond donors (Lipinski definition) is 0. The first-order chi connectivity index (χ1) is 29.7. The number of rotatable bonds is 8. The van der Waals surface area contributed by atoms with E-state index in [4.69, 9.17) is 0 Å². The smallest absolute Gasteiger partial charge is 0.0547 e. The van der Waals surface area contributed by atoms with Crippen molar-refractivity contribution >= 4 is 55.2 Å². The van der Waals surface area contributed by atoms with Crippen LogP contribution in [0.4, 0.5) is 17.1 Å². The highest BCUT2D eigenvalue weighted by Gasteiger charge is 2.19. The third kappa shape index (κ3) is 6.49. The van der Waals surface area contributed by atoms with E-state index in [9.17, 15) is 0 Å². The van der Waals surface area contributed by atoms with Crippen LogP contribution in [0.15, 0.2) is 237 Å². The van der Waals surface area contributed by atoms with Gasteiger partial charge in [0.2, 0.25) is 0 Å². The molecule has 1 aromatic heterocycles. The molecule has 1 aliphatic rings. The highest BCUT2D eigenvalue weighted by atomic mass is 15.1. The minimum absolute atomic E-state index is 0.338. The summed E-state index contributed by atoms with van der Waals surface area (Å²) in [6.07, 6.45) is 7.99. The van der Waals surface area contributed by atoms with Crippen LogP contribution in [0, 0.1) is 0 Å². The minimum atomic E-state index is 0.338. The van der Waals surface area contributed by atoms with Crippen LogP contribution >= 0.6 is 0 Å². The van der Waals surface area contributed by atoms with Gasteiger partial charge in [0.1, 0.15) is 0 Å². The Morgan fingerprint density at radius 2 is 1.02 bits per heavy atom. The zero-order valence-electron chi connectivity index (χ0n) is 33.2. The molecule has 2 heteroatoms. The highest BCUT2D eigenvalue weighted by Crippen LogP contribution is 2.41.